The van der Waals surface area contributed by atoms with Crippen molar-refractivity contribution in [1.82, 2.24) is 14.9 Å². The van der Waals surface area contributed by atoms with Crippen molar-refractivity contribution in [3.05, 3.63) is 52.6 Å². The van der Waals surface area contributed by atoms with Crippen molar-refractivity contribution in [2.45, 2.75) is 26.3 Å². The van der Waals surface area contributed by atoms with Gasteiger partial charge in [-0.2, -0.15) is 0 Å². The zero-order valence-corrected chi connectivity index (χ0v) is 15.7. The van der Waals surface area contributed by atoms with E-state index >= 15 is 0 Å². The van der Waals surface area contributed by atoms with Crippen LogP contribution in [0.15, 0.2) is 41.9 Å². The number of hydrogen-bond acceptors (Lipinski definition) is 5. The molecule has 1 aliphatic heterocycles. The maximum atomic E-state index is 4.78. The van der Waals surface area contributed by atoms with E-state index in [0.29, 0.717) is 6.04 Å². The zero-order valence-electron chi connectivity index (χ0n) is 14.9. The van der Waals surface area contributed by atoms with E-state index in [2.05, 4.69) is 64.3 Å². The highest BCUT2D eigenvalue weighted by molar-refractivity contribution is 7.09. The second-order valence-electron chi connectivity index (χ2n) is 6.57. The number of aryl methyl sites for hydroxylation is 1. The Morgan fingerprint density at radius 2 is 1.96 bits per heavy atom. The Balaban J connectivity index is 1.55. The SMILES string of the molecule is CCc1cc(N2CCN(C(C)c3nccs3)CC2)c2ccccc2n1. The third kappa shape index (κ3) is 3.26. The number of hydrogen-bond donors (Lipinski definition) is 0. The molecule has 4 rings (SSSR count). The summed E-state index contributed by atoms with van der Waals surface area (Å²) < 4.78 is 0. The number of para-hydroxylation sites is 1. The van der Waals surface area contributed by atoms with Gasteiger partial charge in [0.05, 0.1) is 11.6 Å². The minimum Gasteiger partial charge on any atom is -0.368 e. The zero-order chi connectivity index (χ0) is 17.2. The van der Waals surface area contributed by atoms with E-state index in [0.717, 1.165) is 38.1 Å². The predicted octanol–water partition coefficient (Wildman–Crippen LogP) is 4.14. The van der Waals surface area contributed by atoms with Gasteiger partial charge in [0.15, 0.2) is 0 Å². The Kier molecular flexibility index (Phi) is 4.68. The van der Waals surface area contributed by atoms with Crippen LogP contribution in [0.1, 0.15) is 30.6 Å². The number of pyridine rings is 1. The number of nitrogens with zero attached hydrogens (tertiary/aromatic N) is 4. The van der Waals surface area contributed by atoms with Gasteiger partial charge in [0, 0.05) is 54.5 Å². The highest BCUT2D eigenvalue weighted by Crippen LogP contribution is 2.30. The van der Waals surface area contributed by atoms with Gasteiger partial charge in [0.1, 0.15) is 5.01 Å². The summed E-state index contributed by atoms with van der Waals surface area (Å²) in [4.78, 5) is 14.3. The molecular weight excluding hydrogens is 328 g/mol. The van der Waals surface area contributed by atoms with E-state index in [4.69, 9.17) is 4.98 Å². The predicted molar refractivity (Wildman–Crippen MR) is 105 cm³/mol. The summed E-state index contributed by atoms with van der Waals surface area (Å²) in [6.45, 7) is 8.68. The molecule has 1 atom stereocenters. The molecule has 0 saturated carbocycles. The van der Waals surface area contributed by atoms with Crippen LogP contribution in [0.2, 0.25) is 0 Å². The molecule has 1 fully saturated rings. The Morgan fingerprint density at radius 1 is 1.16 bits per heavy atom. The van der Waals surface area contributed by atoms with Crippen molar-refractivity contribution in [2.75, 3.05) is 31.1 Å². The van der Waals surface area contributed by atoms with Crippen LogP contribution in [0.5, 0.6) is 0 Å². The number of benzene rings is 1. The lowest BCUT2D eigenvalue weighted by atomic mass is 10.1. The first-order valence-electron chi connectivity index (χ1n) is 9.03. The molecule has 1 aliphatic rings. The molecular formula is C20H24N4S. The fourth-order valence-corrected chi connectivity index (χ4v) is 4.33. The van der Waals surface area contributed by atoms with Crippen LogP contribution < -0.4 is 4.90 Å². The van der Waals surface area contributed by atoms with Crippen LogP contribution in [0.4, 0.5) is 5.69 Å². The van der Waals surface area contributed by atoms with Gasteiger partial charge in [-0.1, -0.05) is 25.1 Å². The summed E-state index contributed by atoms with van der Waals surface area (Å²) in [5, 5.41) is 4.55. The lowest BCUT2D eigenvalue weighted by molar-refractivity contribution is 0.198. The topological polar surface area (TPSA) is 32.3 Å². The molecule has 4 nitrogen and oxygen atoms in total. The second-order valence-corrected chi connectivity index (χ2v) is 7.50. The third-order valence-corrected chi connectivity index (χ3v) is 6.07. The fourth-order valence-electron chi connectivity index (χ4n) is 3.60. The Bertz CT molecular complexity index is 838. The molecule has 2 aromatic heterocycles. The normalized spacial score (nSPS) is 17.1. The van der Waals surface area contributed by atoms with Crippen molar-refractivity contribution in [3.63, 3.8) is 0 Å². The van der Waals surface area contributed by atoms with E-state index in [-0.39, 0.29) is 0 Å². The van der Waals surface area contributed by atoms with E-state index in [9.17, 15) is 0 Å². The van der Waals surface area contributed by atoms with Gasteiger partial charge < -0.3 is 4.90 Å². The monoisotopic (exact) mass is 352 g/mol. The summed E-state index contributed by atoms with van der Waals surface area (Å²) in [6.07, 6.45) is 2.88. The molecule has 130 valence electrons. The summed E-state index contributed by atoms with van der Waals surface area (Å²) in [7, 11) is 0. The maximum absolute atomic E-state index is 4.78. The molecule has 0 bridgehead atoms. The quantitative estimate of drug-likeness (QED) is 0.706. The number of fused-ring (bicyclic) bond motifs is 1. The molecule has 25 heavy (non-hydrogen) atoms. The van der Waals surface area contributed by atoms with Crippen molar-refractivity contribution < 1.29 is 0 Å². The molecule has 1 saturated heterocycles. The summed E-state index contributed by atoms with van der Waals surface area (Å²) in [5.41, 5.74) is 3.62. The van der Waals surface area contributed by atoms with Gasteiger partial charge in [0.2, 0.25) is 0 Å². The van der Waals surface area contributed by atoms with Crippen molar-refractivity contribution in [3.8, 4) is 0 Å². The van der Waals surface area contributed by atoms with Crippen LogP contribution >= 0.6 is 11.3 Å². The summed E-state index contributed by atoms with van der Waals surface area (Å²) in [5.74, 6) is 0. The van der Waals surface area contributed by atoms with Crippen LogP contribution in [0.3, 0.4) is 0 Å². The van der Waals surface area contributed by atoms with Crippen LogP contribution in [-0.4, -0.2) is 41.0 Å². The van der Waals surface area contributed by atoms with Gasteiger partial charge in [-0.15, -0.1) is 11.3 Å². The number of anilines is 1. The molecule has 0 spiro atoms. The molecule has 0 radical (unpaired) electrons. The lowest BCUT2D eigenvalue weighted by Crippen LogP contribution is -2.47. The molecule has 0 aliphatic carbocycles. The Labute approximate surface area is 153 Å². The summed E-state index contributed by atoms with van der Waals surface area (Å²) >= 11 is 1.75. The maximum Gasteiger partial charge on any atom is 0.109 e. The first kappa shape index (κ1) is 16.5. The molecule has 0 N–H and O–H groups in total. The number of piperazine rings is 1. The highest BCUT2D eigenvalue weighted by Gasteiger charge is 2.24. The van der Waals surface area contributed by atoms with E-state index in [1.807, 2.05) is 6.20 Å². The lowest BCUT2D eigenvalue weighted by Gasteiger charge is -2.39. The molecule has 0 amide bonds. The smallest absolute Gasteiger partial charge is 0.109 e. The molecule has 5 heteroatoms. The minimum atomic E-state index is 0.405. The van der Waals surface area contributed by atoms with Crippen LogP contribution in [0, 0.1) is 0 Å². The van der Waals surface area contributed by atoms with Gasteiger partial charge in [-0.25, -0.2) is 4.98 Å². The highest BCUT2D eigenvalue weighted by atomic mass is 32.1. The minimum absolute atomic E-state index is 0.405. The largest absolute Gasteiger partial charge is 0.368 e. The van der Waals surface area contributed by atoms with E-state index in [1.54, 1.807) is 11.3 Å². The Morgan fingerprint density at radius 3 is 2.68 bits per heavy atom. The van der Waals surface area contributed by atoms with E-state index < -0.39 is 0 Å². The van der Waals surface area contributed by atoms with Gasteiger partial charge >= 0.3 is 0 Å². The van der Waals surface area contributed by atoms with Crippen molar-refractivity contribution in [1.29, 1.82) is 0 Å². The average Bonchev–Trinajstić information content (AvgIpc) is 3.21. The Hall–Kier alpha value is -1.98. The third-order valence-electron chi connectivity index (χ3n) is 5.12. The standard InChI is InChI=1S/C20H24N4S/c1-3-16-14-19(17-6-4-5-7-18(17)22-16)24-11-9-23(10-12-24)15(2)20-21-8-13-25-20/h4-8,13-15H,3,9-12H2,1-2H3. The first-order valence-corrected chi connectivity index (χ1v) is 9.91. The van der Waals surface area contributed by atoms with E-state index in [1.165, 1.54) is 21.8 Å². The number of thiazole rings is 1. The molecule has 3 heterocycles. The van der Waals surface area contributed by atoms with Gasteiger partial charge in [-0.05, 0) is 25.5 Å². The number of aromatic nitrogens is 2. The van der Waals surface area contributed by atoms with Crippen molar-refractivity contribution in [2.24, 2.45) is 0 Å². The fraction of sp³-hybridized carbons (Fsp3) is 0.400. The first-order chi connectivity index (χ1) is 12.3. The van der Waals surface area contributed by atoms with Gasteiger partial charge in [0.25, 0.3) is 0 Å². The summed E-state index contributed by atoms with van der Waals surface area (Å²) in [6, 6.07) is 11.2. The van der Waals surface area contributed by atoms with Gasteiger partial charge in [-0.3, -0.25) is 9.88 Å². The van der Waals surface area contributed by atoms with Crippen LogP contribution in [0.25, 0.3) is 10.9 Å². The average molecular weight is 353 g/mol. The molecule has 1 aromatic carbocycles. The van der Waals surface area contributed by atoms with Crippen molar-refractivity contribution >= 4 is 27.9 Å². The second kappa shape index (κ2) is 7.10. The molecule has 1 unspecified atom stereocenters. The molecule has 3 aromatic rings. The van der Waals surface area contributed by atoms with Crippen LogP contribution in [-0.2, 0) is 6.42 Å². The number of rotatable bonds is 4.